The van der Waals surface area contributed by atoms with E-state index >= 15 is 8.78 Å². The van der Waals surface area contributed by atoms with Crippen molar-refractivity contribution in [2.75, 3.05) is 13.1 Å². The lowest BCUT2D eigenvalue weighted by Gasteiger charge is -2.52. The quantitative estimate of drug-likeness (QED) is 0.215. The molecule has 5 unspecified atom stereocenters. The van der Waals surface area contributed by atoms with E-state index in [1.807, 2.05) is 54.6 Å². The van der Waals surface area contributed by atoms with Crippen molar-refractivity contribution in [2.45, 2.75) is 122 Å². The number of amides is 1. The van der Waals surface area contributed by atoms with Gasteiger partial charge in [-0.2, -0.15) is 8.78 Å². The van der Waals surface area contributed by atoms with Gasteiger partial charge in [-0.1, -0.05) is 13.8 Å². The number of hydrogen-bond acceptors (Lipinski definition) is 6. The van der Waals surface area contributed by atoms with Gasteiger partial charge in [0, 0.05) is 48.4 Å². The maximum Gasteiger partial charge on any atom is 0.329 e. The predicted octanol–water partition coefficient (Wildman–Crippen LogP) is 8.08. The van der Waals surface area contributed by atoms with Crippen molar-refractivity contribution < 1.29 is 37.0 Å². The van der Waals surface area contributed by atoms with E-state index in [1.165, 1.54) is 0 Å². The first kappa shape index (κ1) is 36.6. The van der Waals surface area contributed by atoms with E-state index in [1.54, 1.807) is 0 Å². The fraction of sp³-hybridized carbons (Fsp3) is 0.641. The van der Waals surface area contributed by atoms with Crippen LogP contribution in [0.1, 0.15) is 108 Å². The average molecular weight is 728 g/mol. The maximum absolute atomic E-state index is 15.3. The van der Waals surface area contributed by atoms with Crippen LogP contribution in [0.25, 0.3) is 22.3 Å². The summed E-state index contributed by atoms with van der Waals surface area (Å²) in [5.74, 6) is -7.54. The molecule has 9 nitrogen and oxygen atoms in total. The Bertz CT molecular complexity index is 1840. The number of benzene rings is 1. The van der Waals surface area contributed by atoms with Crippen LogP contribution in [-0.4, -0.2) is 73.1 Å². The molecule has 1 amide bonds. The number of nitrogens with one attached hydrogen (secondary N) is 1. The maximum atomic E-state index is 15.3. The van der Waals surface area contributed by atoms with Crippen molar-refractivity contribution in [2.24, 2.45) is 23.7 Å². The number of hydrogen-bond donors (Lipinski definition) is 2. The van der Waals surface area contributed by atoms with E-state index in [-0.39, 0.29) is 48.9 Å². The third-order valence-corrected chi connectivity index (χ3v) is 12.2. The largest absolute Gasteiger partial charge is 0.490 e. The molecule has 1 saturated heterocycles. The highest BCUT2D eigenvalue weighted by molar-refractivity contribution is 6.00. The molecule has 3 aliphatic carbocycles. The van der Waals surface area contributed by atoms with Crippen molar-refractivity contribution in [3.8, 4) is 17.1 Å². The van der Waals surface area contributed by atoms with E-state index in [9.17, 15) is 23.5 Å². The standard InChI is InChI=1S/C39H49F4N5O4/c1-21(2)48-18-31(29-11-10-28(16-32(29)48)52-27-8-6-26(7-9-27)47-19-38(42,43)20-47)34-44-17-30(33(45-34)37(5,40)41)35(49)46-39(36(50)51)23(4)14-24-12-22(3)13-25(39)15-24/h10-11,16-18,21-27H,6-9,12-15,19-20H2,1-5H3,(H,46,49)(H,50,51). The molecule has 52 heavy (non-hydrogen) atoms. The molecule has 1 aliphatic heterocycles. The summed E-state index contributed by atoms with van der Waals surface area (Å²) in [6.45, 7) is 8.24. The number of carbonyl (C=O) groups excluding carboxylic acids is 1. The molecule has 4 fully saturated rings. The number of fused-ring (bicyclic) bond motifs is 3. The van der Waals surface area contributed by atoms with Gasteiger partial charge >= 0.3 is 5.97 Å². The molecule has 0 spiro atoms. The zero-order valence-corrected chi connectivity index (χ0v) is 30.5. The summed E-state index contributed by atoms with van der Waals surface area (Å²) >= 11 is 0. The van der Waals surface area contributed by atoms with Gasteiger partial charge in [0.1, 0.15) is 17.0 Å². The summed E-state index contributed by atoms with van der Waals surface area (Å²) in [7, 11) is 0. The molecule has 7 rings (SSSR count). The van der Waals surface area contributed by atoms with Crippen LogP contribution in [0.2, 0.25) is 0 Å². The molecule has 2 aromatic heterocycles. The lowest BCUT2D eigenvalue weighted by atomic mass is 9.56. The van der Waals surface area contributed by atoms with Gasteiger partial charge in [0.05, 0.1) is 30.3 Å². The molecular formula is C39H49F4N5O4. The van der Waals surface area contributed by atoms with E-state index in [0.29, 0.717) is 54.7 Å². The molecular weight excluding hydrogens is 678 g/mol. The van der Waals surface area contributed by atoms with Crippen LogP contribution in [0.15, 0.2) is 30.6 Å². The van der Waals surface area contributed by atoms with Crippen LogP contribution in [0.5, 0.6) is 5.75 Å². The summed E-state index contributed by atoms with van der Waals surface area (Å²) in [5.41, 5.74) is -1.50. The molecule has 2 N–H and O–H groups in total. The number of aromatic nitrogens is 3. The highest BCUT2D eigenvalue weighted by Crippen LogP contribution is 2.50. The summed E-state index contributed by atoms with van der Waals surface area (Å²) < 4.78 is 65.8. The van der Waals surface area contributed by atoms with Crippen molar-refractivity contribution >= 4 is 22.8 Å². The fourth-order valence-electron chi connectivity index (χ4n) is 9.77. The van der Waals surface area contributed by atoms with Gasteiger partial charge in [-0.3, -0.25) is 9.69 Å². The van der Waals surface area contributed by atoms with E-state index in [4.69, 9.17) is 4.74 Å². The molecule has 0 radical (unpaired) electrons. The second-order valence-electron chi connectivity index (χ2n) is 16.5. The SMILES string of the molecule is CC1CC2CC(C)C(NC(=O)c3cnc(-c4cn(C(C)C)c5cc(OC6CCC(N7CC(F)(F)C7)CC6)ccc45)nc3C(C)(F)F)(C(=O)O)C(C1)C2. The van der Waals surface area contributed by atoms with Gasteiger partial charge in [-0.15, -0.1) is 0 Å². The Morgan fingerprint density at radius 3 is 2.40 bits per heavy atom. The second kappa shape index (κ2) is 13.3. The third-order valence-electron chi connectivity index (χ3n) is 12.2. The molecule has 2 bridgehead atoms. The molecule has 3 aromatic rings. The Kier molecular flexibility index (Phi) is 9.35. The monoisotopic (exact) mass is 727 g/mol. The van der Waals surface area contributed by atoms with Crippen molar-refractivity contribution in [1.29, 1.82) is 0 Å². The molecule has 5 atom stereocenters. The van der Waals surface area contributed by atoms with Gasteiger partial charge in [0.25, 0.3) is 17.8 Å². The Balaban J connectivity index is 1.15. The number of aliphatic carboxylic acids is 1. The van der Waals surface area contributed by atoms with Crippen LogP contribution in [0.4, 0.5) is 17.6 Å². The van der Waals surface area contributed by atoms with Crippen LogP contribution in [-0.2, 0) is 10.7 Å². The topological polar surface area (TPSA) is 110 Å². The van der Waals surface area contributed by atoms with Gasteiger partial charge in [-0.05, 0) is 101 Å². The number of carboxylic acids is 1. The fourth-order valence-corrected chi connectivity index (χ4v) is 9.77. The minimum Gasteiger partial charge on any atom is -0.490 e. The summed E-state index contributed by atoms with van der Waals surface area (Å²) in [5, 5.41) is 14.0. The van der Waals surface area contributed by atoms with E-state index in [2.05, 4.69) is 22.2 Å². The van der Waals surface area contributed by atoms with Gasteiger partial charge < -0.3 is 19.7 Å². The van der Waals surface area contributed by atoms with Crippen molar-refractivity contribution in [1.82, 2.24) is 24.8 Å². The Morgan fingerprint density at radius 1 is 1.06 bits per heavy atom. The number of nitrogens with zero attached hydrogens (tertiary/aromatic N) is 4. The zero-order chi connectivity index (χ0) is 37.3. The van der Waals surface area contributed by atoms with Crippen LogP contribution >= 0.6 is 0 Å². The predicted molar refractivity (Wildman–Crippen MR) is 188 cm³/mol. The number of carbonyl (C=O) groups is 2. The minimum absolute atomic E-state index is 0.0134. The first-order valence-corrected chi connectivity index (χ1v) is 18.7. The molecule has 3 heterocycles. The zero-order valence-electron chi connectivity index (χ0n) is 30.5. The number of halogens is 4. The number of likely N-dealkylation sites (tertiary alicyclic amines) is 1. The number of alkyl halides is 4. The van der Waals surface area contributed by atoms with Crippen LogP contribution < -0.4 is 10.1 Å². The normalized spacial score (nSPS) is 30.6. The van der Waals surface area contributed by atoms with Crippen molar-refractivity contribution in [3.63, 3.8) is 0 Å². The van der Waals surface area contributed by atoms with Crippen LogP contribution in [0, 0.1) is 23.7 Å². The summed E-state index contributed by atoms with van der Waals surface area (Å²) in [4.78, 5) is 37.4. The first-order valence-electron chi connectivity index (χ1n) is 18.7. The molecule has 13 heteroatoms. The Labute approximate surface area is 301 Å². The van der Waals surface area contributed by atoms with E-state index < -0.39 is 40.5 Å². The lowest BCUT2D eigenvalue weighted by molar-refractivity contribution is -0.155. The van der Waals surface area contributed by atoms with Gasteiger partial charge in [-0.25, -0.2) is 23.5 Å². The van der Waals surface area contributed by atoms with Crippen molar-refractivity contribution in [3.05, 3.63) is 41.9 Å². The molecule has 1 aromatic carbocycles. The van der Waals surface area contributed by atoms with Crippen LogP contribution in [0.3, 0.4) is 0 Å². The number of carboxylic acid groups (broad SMARTS) is 1. The number of ether oxygens (including phenoxy) is 1. The Morgan fingerprint density at radius 2 is 1.77 bits per heavy atom. The highest BCUT2D eigenvalue weighted by Gasteiger charge is 2.57. The summed E-state index contributed by atoms with van der Waals surface area (Å²) in [6.07, 6.45) is 8.91. The first-order chi connectivity index (χ1) is 24.4. The molecule has 282 valence electrons. The summed E-state index contributed by atoms with van der Waals surface area (Å²) in [6, 6.07) is 5.72. The van der Waals surface area contributed by atoms with E-state index in [0.717, 1.165) is 43.8 Å². The Hall–Kier alpha value is -3.74. The average Bonchev–Trinajstić information content (AvgIpc) is 3.44. The van der Waals surface area contributed by atoms with Gasteiger partial charge in [0.15, 0.2) is 5.82 Å². The lowest BCUT2D eigenvalue weighted by Crippen LogP contribution is -2.66. The highest BCUT2D eigenvalue weighted by atomic mass is 19.3. The minimum atomic E-state index is -3.53. The molecule has 3 saturated carbocycles. The smallest absolute Gasteiger partial charge is 0.329 e. The third kappa shape index (κ3) is 6.66. The second-order valence-corrected chi connectivity index (χ2v) is 16.5. The van der Waals surface area contributed by atoms with Gasteiger partial charge in [0.2, 0.25) is 0 Å². The molecule has 4 aliphatic rings. The number of rotatable bonds is 9.